The van der Waals surface area contributed by atoms with Gasteiger partial charge in [-0.05, 0) is 67.1 Å². The molecular weight excluding hydrogens is 575 g/mol. The molecule has 0 unspecified atom stereocenters. The zero-order valence-electron chi connectivity index (χ0n) is 25.1. The van der Waals surface area contributed by atoms with E-state index < -0.39 is 8.07 Å². The number of para-hydroxylation sites is 2. The van der Waals surface area contributed by atoms with E-state index in [1.54, 1.807) is 0 Å². The molecule has 46 heavy (non-hydrogen) atoms. The number of ether oxygens (including phenoxy) is 2. The fraction of sp³-hybridized carbons (Fsp3) is 0. The summed E-state index contributed by atoms with van der Waals surface area (Å²) in [6.45, 7) is 0.0746. The molecule has 2 nitrogen and oxygen atoms in total. The van der Waals surface area contributed by atoms with E-state index in [2.05, 4.69) is 164 Å². The van der Waals surface area contributed by atoms with Crippen LogP contribution in [0.25, 0.3) is 11.1 Å². The molecule has 0 bridgehead atoms. The highest BCUT2D eigenvalue weighted by Gasteiger charge is 2.42. The van der Waals surface area contributed by atoms with Crippen LogP contribution in [0, 0.1) is 0 Å². The topological polar surface area (TPSA) is 18.5 Å². The Morgan fingerprint density at radius 3 is 1.20 bits per heavy atom. The summed E-state index contributed by atoms with van der Waals surface area (Å²) in [5, 5.41) is 5.44. The van der Waals surface area contributed by atoms with Gasteiger partial charge < -0.3 is 9.47 Å². The Morgan fingerprint density at radius 1 is 0.348 bits per heavy atom. The Kier molecular flexibility index (Phi) is 6.29. The lowest BCUT2D eigenvalue weighted by molar-refractivity contribution is 0.465. The van der Waals surface area contributed by atoms with Crippen molar-refractivity contribution in [2.45, 2.75) is 0 Å². The maximum absolute atomic E-state index is 6.58. The molecule has 0 aliphatic carbocycles. The standard InChI is InChI=1S/C42H29BO2Si/c1-4-14-32(15-5-1)46(33-16-6-2-7-17-33,34-18-8-3-9-19-34)35-26-24-30(25-27-35)31-28-40-42-41(29-31)45-39-23-13-11-21-37(39)43(42)36-20-10-12-22-38(36)44-40/h1-29H. The zero-order valence-corrected chi connectivity index (χ0v) is 26.1. The molecule has 0 aromatic heterocycles. The predicted molar refractivity (Wildman–Crippen MR) is 193 cm³/mol. The molecule has 0 atom stereocenters. The summed E-state index contributed by atoms with van der Waals surface area (Å²) in [7, 11) is -2.59. The molecule has 216 valence electrons. The third-order valence-corrected chi connectivity index (χ3v) is 14.4. The molecule has 9 rings (SSSR count). The van der Waals surface area contributed by atoms with E-state index in [9.17, 15) is 0 Å². The molecule has 0 spiro atoms. The van der Waals surface area contributed by atoms with Crippen molar-refractivity contribution < 1.29 is 9.47 Å². The lowest BCUT2D eigenvalue weighted by Crippen LogP contribution is -2.74. The van der Waals surface area contributed by atoms with Crippen LogP contribution in [0.1, 0.15) is 0 Å². The van der Waals surface area contributed by atoms with Crippen molar-refractivity contribution >= 4 is 51.9 Å². The minimum absolute atomic E-state index is 0.0746. The Bertz CT molecular complexity index is 2030. The van der Waals surface area contributed by atoms with E-state index in [-0.39, 0.29) is 6.71 Å². The summed E-state index contributed by atoms with van der Waals surface area (Å²) in [4.78, 5) is 0. The van der Waals surface area contributed by atoms with E-state index in [0.717, 1.165) is 39.6 Å². The van der Waals surface area contributed by atoms with E-state index in [1.807, 2.05) is 12.1 Å². The molecule has 0 radical (unpaired) electrons. The van der Waals surface area contributed by atoms with Crippen molar-refractivity contribution in [1.29, 1.82) is 0 Å². The SMILES string of the molecule is c1ccc([Si](c2ccccc2)(c2ccccc2)c2ccc(-c3cc4c5c(c3)Oc3ccccc3B5c3ccccc3O4)cc2)cc1. The number of rotatable bonds is 5. The number of hydrogen-bond donors (Lipinski definition) is 0. The van der Waals surface area contributed by atoms with Gasteiger partial charge in [0.1, 0.15) is 23.0 Å². The van der Waals surface area contributed by atoms with Crippen molar-refractivity contribution in [1.82, 2.24) is 0 Å². The molecule has 2 aliphatic heterocycles. The summed E-state index contributed by atoms with van der Waals surface area (Å²) < 4.78 is 13.2. The fourth-order valence-electron chi connectivity index (χ4n) is 7.54. The third-order valence-electron chi connectivity index (χ3n) is 9.56. The van der Waals surface area contributed by atoms with Crippen molar-refractivity contribution in [3.8, 4) is 34.1 Å². The van der Waals surface area contributed by atoms with Gasteiger partial charge in [0.15, 0.2) is 8.07 Å². The Morgan fingerprint density at radius 2 is 0.739 bits per heavy atom. The molecule has 0 N–H and O–H groups in total. The average molecular weight is 605 g/mol. The van der Waals surface area contributed by atoms with E-state index >= 15 is 0 Å². The van der Waals surface area contributed by atoms with Crippen LogP contribution in [0.2, 0.25) is 0 Å². The van der Waals surface area contributed by atoms with Crippen LogP contribution in [0.5, 0.6) is 23.0 Å². The zero-order chi connectivity index (χ0) is 30.5. The first-order valence-corrected chi connectivity index (χ1v) is 17.8. The van der Waals surface area contributed by atoms with Crippen molar-refractivity contribution in [2.24, 2.45) is 0 Å². The average Bonchev–Trinajstić information content (AvgIpc) is 3.13. The first-order chi connectivity index (χ1) is 22.8. The molecule has 7 aromatic carbocycles. The van der Waals surface area contributed by atoms with E-state index in [0.29, 0.717) is 0 Å². The van der Waals surface area contributed by atoms with Gasteiger partial charge >= 0.3 is 0 Å². The molecule has 0 amide bonds. The largest absolute Gasteiger partial charge is 0.458 e. The summed E-state index contributed by atoms with van der Waals surface area (Å²) in [6.07, 6.45) is 0. The minimum atomic E-state index is -2.59. The van der Waals surface area contributed by atoms with Crippen molar-refractivity contribution in [2.75, 3.05) is 0 Å². The third kappa shape index (κ3) is 4.11. The van der Waals surface area contributed by atoms with Crippen molar-refractivity contribution in [3.05, 3.63) is 176 Å². The van der Waals surface area contributed by atoms with Crippen LogP contribution in [0.15, 0.2) is 176 Å². The quantitative estimate of drug-likeness (QED) is 0.192. The van der Waals surface area contributed by atoms with E-state index in [4.69, 9.17) is 9.47 Å². The van der Waals surface area contributed by atoms with Gasteiger partial charge in [0.05, 0.1) is 0 Å². The maximum Gasteiger partial charge on any atom is 0.260 e. The second-order valence-electron chi connectivity index (χ2n) is 12.0. The number of fused-ring (bicyclic) bond motifs is 4. The lowest BCUT2D eigenvalue weighted by Gasteiger charge is -2.34. The highest BCUT2D eigenvalue weighted by Crippen LogP contribution is 2.38. The van der Waals surface area contributed by atoms with Gasteiger partial charge in [-0.3, -0.25) is 0 Å². The van der Waals surface area contributed by atoms with Gasteiger partial charge in [-0.25, -0.2) is 0 Å². The summed E-state index contributed by atoms with van der Waals surface area (Å²) >= 11 is 0. The summed E-state index contributed by atoms with van der Waals surface area (Å²) in [6, 6.07) is 63.5. The molecule has 2 heterocycles. The highest BCUT2D eigenvalue weighted by molar-refractivity contribution is 7.19. The van der Waals surface area contributed by atoms with Crippen molar-refractivity contribution in [3.63, 3.8) is 0 Å². The van der Waals surface area contributed by atoms with E-state index in [1.165, 1.54) is 31.7 Å². The van der Waals surface area contributed by atoms with Gasteiger partial charge in [-0.2, -0.15) is 0 Å². The second-order valence-corrected chi connectivity index (χ2v) is 15.8. The number of hydrogen-bond acceptors (Lipinski definition) is 2. The van der Waals surface area contributed by atoms with Crippen LogP contribution in [0.4, 0.5) is 0 Å². The normalized spacial score (nSPS) is 12.7. The van der Waals surface area contributed by atoms with Gasteiger partial charge in [0.25, 0.3) is 6.71 Å². The van der Waals surface area contributed by atoms with Gasteiger partial charge in [0.2, 0.25) is 0 Å². The Balaban J connectivity index is 1.20. The monoisotopic (exact) mass is 604 g/mol. The minimum Gasteiger partial charge on any atom is -0.458 e. The number of benzene rings is 7. The second kappa shape index (κ2) is 10.8. The first kappa shape index (κ1) is 26.8. The molecular formula is C42H29BO2Si. The van der Waals surface area contributed by atoms with Crippen LogP contribution >= 0.6 is 0 Å². The lowest BCUT2D eigenvalue weighted by atomic mass is 9.35. The van der Waals surface area contributed by atoms with Gasteiger partial charge in [-0.1, -0.05) is 152 Å². The molecule has 7 aromatic rings. The Labute approximate surface area is 270 Å². The maximum atomic E-state index is 6.58. The van der Waals surface area contributed by atoms with Crippen LogP contribution in [-0.2, 0) is 0 Å². The van der Waals surface area contributed by atoms with Gasteiger partial charge in [0, 0.05) is 5.46 Å². The first-order valence-electron chi connectivity index (χ1n) is 15.8. The fourth-order valence-corrected chi connectivity index (χ4v) is 12.3. The summed E-state index contributed by atoms with van der Waals surface area (Å²) in [5.74, 6) is 3.52. The van der Waals surface area contributed by atoms with Crippen LogP contribution in [-0.4, -0.2) is 14.8 Å². The smallest absolute Gasteiger partial charge is 0.260 e. The molecule has 0 fully saturated rings. The molecule has 4 heteroatoms. The predicted octanol–water partition coefficient (Wildman–Crippen LogP) is 5.46. The highest BCUT2D eigenvalue weighted by atomic mass is 28.3. The Hall–Kier alpha value is -5.58. The van der Waals surface area contributed by atoms with Crippen LogP contribution < -0.4 is 46.6 Å². The van der Waals surface area contributed by atoms with Crippen LogP contribution in [0.3, 0.4) is 0 Å². The molecule has 0 saturated heterocycles. The van der Waals surface area contributed by atoms with Gasteiger partial charge in [-0.15, -0.1) is 0 Å². The molecule has 2 aliphatic rings. The summed E-state index contributed by atoms with van der Waals surface area (Å²) in [5.41, 5.74) is 5.65. The molecule has 0 saturated carbocycles.